The lowest BCUT2D eigenvalue weighted by Crippen LogP contribution is -2.52. The van der Waals surface area contributed by atoms with Crippen LogP contribution in [0.25, 0.3) is 0 Å². The molecule has 3 aromatic carbocycles. The highest BCUT2D eigenvalue weighted by molar-refractivity contribution is 7.92. The van der Waals surface area contributed by atoms with Crippen LogP contribution in [0.15, 0.2) is 66.7 Å². The predicted molar refractivity (Wildman–Crippen MR) is 167 cm³/mol. The van der Waals surface area contributed by atoms with Crippen LogP contribution in [0, 0.1) is 11.6 Å². The molecule has 0 saturated heterocycles. The number of hydrogen-bond acceptors (Lipinski definition) is 4. The van der Waals surface area contributed by atoms with Crippen LogP contribution in [0.1, 0.15) is 44.2 Å². The first-order chi connectivity index (χ1) is 20.3. The smallest absolute Gasteiger partial charge is 0.243 e. The highest BCUT2D eigenvalue weighted by Crippen LogP contribution is 2.28. The molecular formula is C31H35Cl2F2N3O4S. The van der Waals surface area contributed by atoms with Gasteiger partial charge in [0.25, 0.3) is 0 Å². The van der Waals surface area contributed by atoms with Crippen molar-refractivity contribution in [1.29, 1.82) is 0 Å². The average Bonchev–Trinajstić information content (AvgIpc) is 2.95. The van der Waals surface area contributed by atoms with Crippen LogP contribution >= 0.6 is 23.2 Å². The summed E-state index contributed by atoms with van der Waals surface area (Å²) in [5.41, 5.74) is 1.23. The number of halogens is 4. The lowest BCUT2D eigenvalue weighted by molar-refractivity contribution is -0.141. The van der Waals surface area contributed by atoms with Gasteiger partial charge in [-0.15, -0.1) is 0 Å². The van der Waals surface area contributed by atoms with E-state index in [1.807, 2.05) is 44.2 Å². The third-order valence-electron chi connectivity index (χ3n) is 7.01. The number of rotatable bonds is 14. The maximum Gasteiger partial charge on any atom is 0.243 e. The molecule has 1 N–H and O–H groups in total. The Labute approximate surface area is 261 Å². The molecule has 0 aromatic heterocycles. The van der Waals surface area contributed by atoms with Gasteiger partial charge < -0.3 is 10.2 Å². The summed E-state index contributed by atoms with van der Waals surface area (Å²) in [4.78, 5) is 29.0. The number of carbonyl (C=O) groups is 2. The molecule has 0 aliphatic carbocycles. The summed E-state index contributed by atoms with van der Waals surface area (Å²) in [5.74, 6) is -3.09. The Hall–Kier alpha value is -3.21. The highest BCUT2D eigenvalue weighted by Gasteiger charge is 2.32. The normalized spacial score (nSPS) is 12.8. The molecular weight excluding hydrogens is 619 g/mol. The minimum atomic E-state index is -3.89. The molecule has 7 nitrogen and oxygen atoms in total. The summed E-state index contributed by atoms with van der Waals surface area (Å²) in [5, 5.41) is 3.63. The van der Waals surface area contributed by atoms with Gasteiger partial charge in [0.2, 0.25) is 21.8 Å². The number of hydrogen-bond donors (Lipinski definition) is 1. The molecule has 0 aliphatic rings. The van der Waals surface area contributed by atoms with Crippen LogP contribution in [0.3, 0.4) is 0 Å². The predicted octanol–water partition coefficient (Wildman–Crippen LogP) is 6.37. The molecule has 0 radical (unpaired) electrons. The minimum Gasteiger partial charge on any atom is -0.352 e. The molecule has 0 bridgehead atoms. The largest absolute Gasteiger partial charge is 0.352 e. The molecule has 0 fully saturated rings. The summed E-state index contributed by atoms with van der Waals surface area (Å²) in [7, 11) is -3.89. The quantitative estimate of drug-likeness (QED) is 0.219. The zero-order valence-electron chi connectivity index (χ0n) is 24.2. The van der Waals surface area contributed by atoms with Crippen LogP contribution in [-0.2, 0) is 32.6 Å². The van der Waals surface area contributed by atoms with Crippen LogP contribution in [0.4, 0.5) is 14.5 Å². The van der Waals surface area contributed by atoms with Gasteiger partial charge in [0.05, 0.1) is 11.9 Å². The molecule has 0 spiro atoms. The molecule has 0 aliphatic heterocycles. The molecule has 0 saturated carbocycles. The Morgan fingerprint density at radius 3 is 2.19 bits per heavy atom. The molecule has 0 heterocycles. The standard InChI is InChI=1S/C31H35Cl2F2N3O4S/c1-4-21(2)36-31(40)29(18-22-10-6-5-7-11-22)37(20-24-25(32)12-8-13-26(24)33)30(39)14-9-17-38(43(3,41)42)23-15-16-27(34)28(35)19-23/h5-8,10-13,15-16,19,21,29H,4,9,14,17-18,20H2,1-3H3,(H,36,40). The third kappa shape index (κ3) is 9.64. The maximum atomic E-state index is 13.9. The average molecular weight is 655 g/mol. The Kier molecular flexibility index (Phi) is 12.4. The van der Waals surface area contributed by atoms with Gasteiger partial charge in [-0.25, -0.2) is 17.2 Å². The first-order valence-corrected chi connectivity index (χ1v) is 16.4. The van der Waals surface area contributed by atoms with Gasteiger partial charge >= 0.3 is 0 Å². The molecule has 12 heteroatoms. The molecule has 43 heavy (non-hydrogen) atoms. The van der Waals surface area contributed by atoms with E-state index in [4.69, 9.17) is 23.2 Å². The molecule has 3 rings (SSSR count). The summed E-state index contributed by atoms with van der Waals surface area (Å²) in [6.45, 7) is 3.55. The second-order valence-corrected chi connectivity index (χ2v) is 13.0. The zero-order valence-corrected chi connectivity index (χ0v) is 26.5. The number of nitrogens with one attached hydrogen (secondary N) is 1. The van der Waals surface area contributed by atoms with Crippen molar-refractivity contribution in [2.24, 2.45) is 0 Å². The van der Waals surface area contributed by atoms with Crippen LogP contribution in [-0.4, -0.2) is 50.0 Å². The first kappa shape index (κ1) is 34.3. The van der Waals surface area contributed by atoms with Crippen molar-refractivity contribution in [1.82, 2.24) is 10.2 Å². The van der Waals surface area contributed by atoms with Crippen molar-refractivity contribution >= 4 is 50.7 Å². The van der Waals surface area contributed by atoms with Gasteiger partial charge in [0.1, 0.15) is 6.04 Å². The maximum absolute atomic E-state index is 13.9. The molecule has 2 amide bonds. The Balaban J connectivity index is 1.94. The van der Waals surface area contributed by atoms with E-state index in [9.17, 15) is 26.8 Å². The lowest BCUT2D eigenvalue weighted by Gasteiger charge is -2.33. The number of amides is 2. The van der Waals surface area contributed by atoms with Crippen LogP contribution in [0.5, 0.6) is 0 Å². The van der Waals surface area contributed by atoms with Crippen molar-refractivity contribution in [2.45, 2.75) is 58.2 Å². The van der Waals surface area contributed by atoms with Gasteiger partial charge in [-0.05, 0) is 49.6 Å². The van der Waals surface area contributed by atoms with E-state index in [1.165, 1.54) is 4.90 Å². The van der Waals surface area contributed by atoms with E-state index in [0.29, 0.717) is 22.0 Å². The topological polar surface area (TPSA) is 86.8 Å². The van der Waals surface area contributed by atoms with Crippen LogP contribution < -0.4 is 9.62 Å². The number of sulfonamides is 1. The molecule has 2 unspecified atom stereocenters. The monoisotopic (exact) mass is 653 g/mol. The minimum absolute atomic E-state index is 0.0304. The Morgan fingerprint density at radius 2 is 1.60 bits per heavy atom. The van der Waals surface area contributed by atoms with E-state index in [2.05, 4.69) is 5.32 Å². The zero-order chi connectivity index (χ0) is 31.7. The summed E-state index contributed by atoms with van der Waals surface area (Å²) in [6, 6.07) is 15.9. The SMILES string of the molecule is CCC(C)NC(=O)C(Cc1ccccc1)N(Cc1c(Cl)cccc1Cl)C(=O)CCCN(c1ccc(F)c(F)c1)S(C)(=O)=O. The number of nitrogens with zero attached hydrogens (tertiary/aromatic N) is 2. The van der Waals surface area contributed by atoms with E-state index in [0.717, 1.165) is 34.3 Å². The van der Waals surface area contributed by atoms with Crippen molar-refractivity contribution in [2.75, 3.05) is 17.1 Å². The van der Waals surface area contributed by atoms with Gasteiger partial charge in [0.15, 0.2) is 11.6 Å². The van der Waals surface area contributed by atoms with Gasteiger partial charge in [-0.2, -0.15) is 0 Å². The van der Waals surface area contributed by atoms with Gasteiger partial charge in [-0.1, -0.05) is 66.5 Å². The van der Waals surface area contributed by atoms with E-state index in [1.54, 1.807) is 18.2 Å². The first-order valence-electron chi connectivity index (χ1n) is 13.8. The Morgan fingerprint density at radius 1 is 0.953 bits per heavy atom. The van der Waals surface area contributed by atoms with Crippen LogP contribution in [0.2, 0.25) is 10.0 Å². The van der Waals surface area contributed by atoms with Crippen molar-refractivity contribution < 1.29 is 26.8 Å². The lowest BCUT2D eigenvalue weighted by atomic mass is 10.0. The number of benzene rings is 3. The summed E-state index contributed by atoms with van der Waals surface area (Å²) in [6.07, 6.45) is 1.71. The molecule has 3 aromatic rings. The highest BCUT2D eigenvalue weighted by atomic mass is 35.5. The molecule has 2 atom stereocenters. The van der Waals surface area contributed by atoms with Gasteiger partial charge in [0, 0.05) is 53.6 Å². The number of carbonyl (C=O) groups excluding carboxylic acids is 2. The van der Waals surface area contributed by atoms with E-state index in [-0.39, 0.29) is 50.0 Å². The second-order valence-electron chi connectivity index (χ2n) is 10.3. The van der Waals surface area contributed by atoms with E-state index < -0.39 is 33.6 Å². The number of anilines is 1. The summed E-state index contributed by atoms with van der Waals surface area (Å²) < 4.78 is 53.3. The second kappa shape index (κ2) is 15.5. The van der Waals surface area contributed by atoms with Crippen molar-refractivity contribution in [3.63, 3.8) is 0 Å². The summed E-state index contributed by atoms with van der Waals surface area (Å²) >= 11 is 12.9. The molecule has 232 valence electrons. The van der Waals surface area contributed by atoms with Gasteiger partial charge in [-0.3, -0.25) is 13.9 Å². The fraction of sp³-hybridized carbons (Fsp3) is 0.355. The van der Waals surface area contributed by atoms with Crippen molar-refractivity contribution in [3.8, 4) is 0 Å². The third-order valence-corrected chi connectivity index (χ3v) is 8.91. The fourth-order valence-electron chi connectivity index (χ4n) is 4.49. The Bertz CT molecular complexity index is 1510. The fourth-order valence-corrected chi connectivity index (χ4v) is 5.97. The van der Waals surface area contributed by atoms with E-state index >= 15 is 0 Å². The van der Waals surface area contributed by atoms with Crippen molar-refractivity contribution in [3.05, 3.63) is 99.5 Å².